The molecule has 104 valence electrons. The van der Waals surface area contributed by atoms with Crippen LogP contribution >= 0.6 is 0 Å². The zero-order valence-corrected chi connectivity index (χ0v) is 12.0. The summed E-state index contributed by atoms with van der Waals surface area (Å²) in [6.07, 6.45) is 2.58. The molecule has 3 rings (SSSR count). The minimum Gasteiger partial charge on any atom is -0.439 e. The molecular weight excluding hydrogens is 248 g/mol. The maximum atomic E-state index is 5.84. The number of nitrogens with zero attached hydrogens (tertiary/aromatic N) is 1. The van der Waals surface area contributed by atoms with Gasteiger partial charge in [0, 0.05) is 18.7 Å². The van der Waals surface area contributed by atoms with E-state index in [-0.39, 0.29) is 0 Å². The Morgan fingerprint density at radius 2 is 2.00 bits per heavy atom. The lowest BCUT2D eigenvalue weighted by Gasteiger charge is -2.09. The molecule has 0 spiro atoms. The summed E-state index contributed by atoms with van der Waals surface area (Å²) in [5.41, 5.74) is 3.53. The smallest absolute Gasteiger partial charge is 0.219 e. The zero-order valence-electron chi connectivity index (χ0n) is 12.0. The molecule has 3 nitrogen and oxygen atoms in total. The predicted octanol–water partition coefficient (Wildman–Crippen LogP) is 3.74. The molecule has 1 aromatic heterocycles. The van der Waals surface area contributed by atoms with Crippen molar-refractivity contribution in [1.82, 2.24) is 10.3 Å². The van der Waals surface area contributed by atoms with Crippen molar-refractivity contribution in [3.63, 3.8) is 0 Å². The largest absolute Gasteiger partial charge is 0.439 e. The second kappa shape index (κ2) is 5.63. The lowest BCUT2D eigenvalue weighted by Crippen LogP contribution is -2.16. The van der Waals surface area contributed by atoms with Gasteiger partial charge in [0.1, 0.15) is 5.75 Å². The van der Waals surface area contributed by atoms with Crippen LogP contribution in [0.1, 0.15) is 29.7 Å². The summed E-state index contributed by atoms with van der Waals surface area (Å²) >= 11 is 0. The summed E-state index contributed by atoms with van der Waals surface area (Å²) in [6, 6.07) is 12.7. The van der Waals surface area contributed by atoms with Gasteiger partial charge in [-0.25, -0.2) is 4.98 Å². The standard InChI is InChI=1S/C17H20N2O/c1-12-6-9-16(10-13(12)2)20-17-5-3-4-15(19-17)11-18-14-7-8-14/h3-6,9-10,14,18H,7-8,11H2,1-2H3. The number of nitrogens with one attached hydrogen (secondary N) is 1. The molecule has 1 heterocycles. The Labute approximate surface area is 120 Å². The summed E-state index contributed by atoms with van der Waals surface area (Å²) < 4.78 is 5.84. The number of benzene rings is 1. The first-order valence-electron chi connectivity index (χ1n) is 7.15. The van der Waals surface area contributed by atoms with Gasteiger partial charge in [-0.1, -0.05) is 12.1 Å². The highest BCUT2D eigenvalue weighted by molar-refractivity contribution is 5.36. The highest BCUT2D eigenvalue weighted by Gasteiger charge is 2.20. The van der Waals surface area contributed by atoms with Gasteiger partial charge in [-0.05, 0) is 56.0 Å². The molecule has 0 bridgehead atoms. The molecule has 3 heteroatoms. The van der Waals surface area contributed by atoms with Crippen molar-refractivity contribution >= 4 is 0 Å². The van der Waals surface area contributed by atoms with E-state index in [0.29, 0.717) is 11.9 Å². The van der Waals surface area contributed by atoms with Gasteiger partial charge in [0.2, 0.25) is 5.88 Å². The number of pyridine rings is 1. The lowest BCUT2D eigenvalue weighted by molar-refractivity contribution is 0.459. The number of aryl methyl sites for hydroxylation is 2. The number of aromatic nitrogens is 1. The van der Waals surface area contributed by atoms with E-state index in [1.165, 1.54) is 24.0 Å². The molecule has 0 saturated heterocycles. The van der Waals surface area contributed by atoms with Crippen LogP contribution in [-0.4, -0.2) is 11.0 Å². The van der Waals surface area contributed by atoms with E-state index < -0.39 is 0 Å². The van der Waals surface area contributed by atoms with Crippen molar-refractivity contribution in [2.45, 2.75) is 39.3 Å². The predicted molar refractivity (Wildman–Crippen MR) is 80.1 cm³/mol. The fraction of sp³-hybridized carbons (Fsp3) is 0.353. The van der Waals surface area contributed by atoms with Crippen LogP contribution in [-0.2, 0) is 6.54 Å². The highest BCUT2D eigenvalue weighted by atomic mass is 16.5. The van der Waals surface area contributed by atoms with Crippen molar-refractivity contribution < 1.29 is 4.74 Å². The van der Waals surface area contributed by atoms with Crippen molar-refractivity contribution in [2.75, 3.05) is 0 Å². The Bertz CT molecular complexity index is 606. The maximum absolute atomic E-state index is 5.84. The van der Waals surface area contributed by atoms with Crippen LogP contribution in [0.4, 0.5) is 0 Å². The van der Waals surface area contributed by atoms with Crippen molar-refractivity contribution in [2.24, 2.45) is 0 Å². The number of rotatable bonds is 5. The molecule has 1 N–H and O–H groups in total. The third-order valence-corrected chi connectivity index (χ3v) is 3.63. The van der Waals surface area contributed by atoms with Crippen molar-refractivity contribution in [3.8, 4) is 11.6 Å². The van der Waals surface area contributed by atoms with Gasteiger partial charge in [0.25, 0.3) is 0 Å². The molecule has 2 aromatic rings. The van der Waals surface area contributed by atoms with E-state index in [4.69, 9.17) is 4.74 Å². The van der Waals surface area contributed by atoms with E-state index in [0.717, 1.165) is 18.0 Å². The van der Waals surface area contributed by atoms with E-state index in [1.54, 1.807) is 0 Å². The van der Waals surface area contributed by atoms with Crippen LogP contribution < -0.4 is 10.1 Å². The van der Waals surface area contributed by atoms with Gasteiger partial charge in [0.05, 0.1) is 5.69 Å². The molecule has 0 unspecified atom stereocenters. The van der Waals surface area contributed by atoms with E-state index in [2.05, 4.69) is 30.2 Å². The molecular formula is C17H20N2O. The third-order valence-electron chi connectivity index (χ3n) is 3.63. The fourth-order valence-electron chi connectivity index (χ4n) is 2.05. The van der Waals surface area contributed by atoms with Crippen molar-refractivity contribution in [3.05, 3.63) is 53.2 Å². The normalized spacial score (nSPS) is 14.3. The third kappa shape index (κ3) is 3.36. The molecule has 1 saturated carbocycles. The average Bonchev–Trinajstić information content (AvgIpc) is 3.25. The molecule has 1 aliphatic rings. The van der Waals surface area contributed by atoms with E-state index in [1.807, 2.05) is 30.3 Å². The summed E-state index contributed by atoms with van der Waals surface area (Å²) in [4.78, 5) is 4.54. The van der Waals surface area contributed by atoms with E-state index in [9.17, 15) is 0 Å². The SMILES string of the molecule is Cc1ccc(Oc2cccc(CNC3CC3)n2)cc1C. The summed E-state index contributed by atoms with van der Waals surface area (Å²) in [6.45, 7) is 5.00. The Kier molecular flexibility index (Phi) is 3.70. The lowest BCUT2D eigenvalue weighted by atomic mass is 10.1. The van der Waals surface area contributed by atoms with Gasteiger partial charge in [-0.2, -0.15) is 0 Å². The van der Waals surface area contributed by atoms with Crippen LogP contribution in [0, 0.1) is 13.8 Å². The Morgan fingerprint density at radius 3 is 2.75 bits per heavy atom. The first-order valence-corrected chi connectivity index (χ1v) is 7.15. The van der Waals surface area contributed by atoms with Crippen LogP contribution in [0.2, 0.25) is 0 Å². The molecule has 1 fully saturated rings. The van der Waals surface area contributed by atoms with Gasteiger partial charge in [-0.3, -0.25) is 0 Å². The van der Waals surface area contributed by atoms with Gasteiger partial charge in [0.15, 0.2) is 0 Å². The van der Waals surface area contributed by atoms with Crippen LogP contribution in [0.3, 0.4) is 0 Å². The summed E-state index contributed by atoms with van der Waals surface area (Å²) in [5, 5.41) is 3.46. The fourth-order valence-corrected chi connectivity index (χ4v) is 2.05. The molecule has 1 aromatic carbocycles. The van der Waals surface area contributed by atoms with Gasteiger partial charge in [-0.15, -0.1) is 0 Å². The first-order chi connectivity index (χ1) is 9.70. The number of ether oxygens (including phenoxy) is 1. The molecule has 0 amide bonds. The summed E-state index contributed by atoms with van der Waals surface area (Å²) in [7, 11) is 0. The Balaban J connectivity index is 1.69. The van der Waals surface area contributed by atoms with Crippen LogP contribution in [0.5, 0.6) is 11.6 Å². The van der Waals surface area contributed by atoms with Gasteiger partial charge >= 0.3 is 0 Å². The highest BCUT2D eigenvalue weighted by Crippen LogP contribution is 2.23. The second-order valence-electron chi connectivity index (χ2n) is 5.47. The Morgan fingerprint density at radius 1 is 1.15 bits per heavy atom. The van der Waals surface area contributed by atoms with Crippen molar-refractivity contribution in [1.29, 1.82) is 0 Å². The van der Waals surface area contributed by atoms with Crippen LogP contribution in [0.15, 0.2) is 36.4 Å². The average molecular weight is 268 g/mol. The zero-order chi connectivity index (χ0) is 13.9. The minimum absolute atomic E-state index is 0.656. The monoisotopic (exact) mass is 268 g/mol. The van der Waals surface area contributed by atoms with Crippen LogP contribution in [0.25, 0.3) is 0 Å². The minimum atomic E-state index is 0.656. The first kappa shape index (κ1) is 13.1. The van der Waals surface area contributed by atoms with Gasteiger partial charge < -0.3 is 10.1 Å². The second-order valence-corrected chi connectivity index (χ2v) is 5.47. The molecule has 1 aliphatic carbocycles. The quantitative estimate of drug-likeness (QED) is 0.897. The maximum Gasteiger partial charge on any atom is 0.219 e. The summed E-state index contributed by atoms with van der Waals surface area (Å²) in [5.74, 6) is 1.50. The molecule has 0 atom stereocenters. The molecule has 0 aliphatic heterocycles. The van der Waals surface area contributed by atoms with E-state index >= 15 is 0 Å². The number of hydrogen-bond donors (Lipinski definition) is 1. The number of hydrogen-bond acceptors (Lipinski definition) is 3. The topological polar surface area (TPSA) is 34.1 Å². The molecule has 0 radical (unpaired) electrons. The molecule has 20 heavy (non-hydrogen) atoms. The Hall–Kier alpha value is -1.87.